The first-order valence-corrected chi connectivity index (χ1v) is 4.56. The van der Waals surface area contributed by atoms with Crippen molar-refractivity contribution in [3.63, 3.8) is 0 Å². The normalized spacial score (nSPS) is 9.73. The second-order valence-electron chi connectivity index (χ2n) is 2.33. The van der Waals surface area contributed by atoms with Crippen molar-refractivity contribution in [2.24, 2.45) is 11.4 Å². The number of methoxy groups -OCH3 is 1. The molecule has 1 rings (SSSR count). The van der Waals surface area contributed by atoms with Crippen molar-refractivity contribution in [2.75, 3.05) is 7.11 Å². The molecule has 0 saturated carbocycles. The van der Waals surface area contributed by atoms with Crippen molar-refractivity contribution >= 4 is 16.5 Å². The van der Waals surface area contributed by atoms with E-state index in [4.69, 9.17) is 0 Å². The average molecular weight is 234 g/mol. The first-order valence-electron chi connectivity index (χ1n) is 3.53. The average Bonchev–Trinajstić information content (AvgIpc) is 2.43. The van der Waals surface area contributed by atoms with Gasteiger partial charge in [-0.25, -0.2) is 14.2 Å². The summed E-state index contributed by atoms with van der Waals surface area (Å²) in [5.41, 5.74) is -0.842. The molecule has 9 nitrogen and oxygen atoms in total. The topological polar surface area (TPSA) is 113 Å². The Bertz CT molecular complexity index is 571. The number of aromatic nitrogens is 3. The molecule has 0 aliphatic heterocycles. The summed E-state index contributed by atoms with van der Waals surface area (Å²) in [5, 5.41) is 3.41. The van der Waals surface area contributed by atoms with E-state index in [1.54, 1.807) is 0 Å². The van der Waals surface area contributed by atoms with Crippen LogP contribution in [0, 0.1) is 0 Å². The van der Waals surface area contributed by atoms with Crippen molar-refractivity contribution in [3.8, 4) is 6.01 Å². The van der Waals surface area contributed by atoms with Crippen molar-refractivity contribution in [1.29, 1.82) is 0 Å². The molecule has 1 heterocycles. The molecule has 0 N–H and O–H groups in total. The molecule has 1 aromatic rings. The third kappa shape index (κ3) is 2.10. The van der Waals surface area contributed by atoms with Crippen molar-refractivity contribution < 1.29 is 17.9 Å². The predicted molar refractivity (Wildman–Crippen MR) is 46.2 cm³/mol. The van der Waals surface area contributed by atoms with Crippen LogP contribution in [0.5, 0.6) is 6.01 Å². The Morgan fingerprint density at radius 2 is 2.13 bits per heavy atom. The van der Waals surface area contributed by atoms with E-state index in [0.717, 1.165) is 4.57 Å². The summed E-state index contributed by atoms with van der Waals surface area (Å²) in [5.74, 6) is 0. The molecule has 1 aromatic heterocycles. The molecule has 0 bridgehead atoms. The van der Waals surface area contributed by atoms with Crippen molar-refractivity contribution in [1.82, 2.24) is 14.3 Å². The Balaban J connectivity index is 3.34. The Hall–Kier alpha value is -1.97. The second-order valence-corrected chi connectivity index (χ2v) is 2.95. The van der Waals surface area contributed by atoms with Gasteiger partial charge in [-0.05, 0) is 0 Å². The highest BCUT2D eigenvalue weighted by Gasteiger charge is 2.15. The molecule has 0 aliphatic carbocycles. The SMILES string of the molecule is COc1nn(C(=O)N=S(=O)=O)c(=O)n1C. The fourth-order valence-electron chi connectivity index (χ4n) is 0.824. The lowest BCUT2D eigenvalue weighted by atomic mass is 10.9. The van der Waals surface area contributed by atoms with Gasteiger partial charge in [0.2, 0.25) is 0 Å². The number of carbonyl (C=O) groups excluding carboxylic acids is 1. The van der Waals surface area contributed by atoms with Gasteiger partial charge in [-0.2, -0.15) is 8.42 Å². The lowest BCUT2D eigenvalue weighted by Crippen LogP contribution is -2.27. The largest absolute Gasteiger partial charge is 0.467 e. The van der Waals surface area contributed by atoms with E-state index >= 15 is 0 Å². The van der Waals surface area contributed by atoms with Crippen LogP contribution in [0.2, 0.25) is 0 Å². The second kappa shape index (κ2) is 4.04. The third-order valence-electron chi connectivity index (χ3n) is 1.46. The van der Waals surface area contributed by atoms with Gasteiger partial charge in [0.1, 0.15) is 0 Å². The molecule has 0 unspecified atom stereocenters. The number of ether oxygens (including phenoxy) is 1. The maximum atomic E-state index is 11.3. The van der Waals surface area contributed by atoms with E-state index < -0.39 is 22.2 Å². The van der Waals surface area contributed by atoms with Gasteiger partial charge in [-0.15, -0.1) is 9.78 Å². The minimum absolute atomic E-state index is 0.125. The molecule has 82 valence electrons. The summed E-state index contributed by atoms with van der Waals surface area (Å²) < 4.78 is 28.6. The van der Waals surface area contributed by atoms with Crippen LogP contribution in [-0.4, -0.2) is 35.9 Å². The van der Waals surface area contributed by atoms with Crippen molar-refractivity contribution in [3.05, 3.63) is 10.5 Å². The van der Waals surface area contributed by atoms with E-state index in [-0.39, 0.29) is 10.7 Å². The maximum absolute atomic E-state index is 11.3. The fourth-order valence-corrected chi connectivity index (χ4v) is 1.03. The van der Waals surface area contributed by atoms with Gasteiger partial charge in [0.05, 0.1) is 7.11 Å². The van der Waals surface area contributed by atoms with Gasteiger partial charge in [0.25, 0.3) is 0 Å². The zero-order valence-corrected chi connectivity index (χ0v) is 8.55. The van der Waals surface area contributed by atoms with Crippen molar-refractivity contribution in [2.45, 2.75) is 0 Å². The summed E-state index contributed by atoms with van der Waals surface area (Å²) in [6.45, 7) is 0. The first kappa shape index (κ1) is 11.1. The summed E-state index contributed by atoms with van der Waals surface area (Å²) in [4.78, 5) is 22.3. The van der Waals surface area contributed by atoms with E-state index in [9.17, 15) is 18.0 Å². The zero-order chi connectivity index (χ0) is 11.6. The molecular formula is C5H6N4O5S. The molecule has 0 spiro atoms. The number of rotatable bonds is 1. The lowest BCUT2D eigenvalue weighted by molar-refractivity contribution is 0.247. The molecule has 0 radical (unpaired) electrons. The monoisotopic (exact) mass is 234 g/mol. The lowest BCUT2D eigenvalue weighted by Gasteiger charge is -1.92. The minimum Gasteiger partial charge on any atom is -0.467 e. The highest BCUT2D eigenvalue weighted by Crippen LogP contribution is 1.98. The fraction of sp³-hybridized carbons (Fsp3) is 0.400. The molecule has 0 saturated heterocycles. The quantitative estimate of drug-likeness (QED) is 0.591. The standard InChI is InChI=1S/C5H6N4O5S/c1-8-4(14-2)6-9(5(8)11)3(10)7-15(12)13/h1-2H3. The van der Waals surface area contributed by atoms with Gasteiger partial charge in [-0.3, -0.25) is 0 Å². The number of hydrogen-bond acceptors (Lipinski definition) is 6. The smallest absolute Gasteiger partial charge is 0.387 e. The molecule has 0 aromatic carbocycles. The highest BCUT2D eigenvalue weighted by molar-refractivity contribution is 7.62. The summed E-state index contributed by atoms with van der Waals surface area (Å²) in [7, 11) is -0.367. The van der Waals surface area contributed by atoms with E-state index in [2.05, 4.69) is 14.2 Å². The van der Waals surface area contributed by atoms with Crippen LogP contribution in [0.25, 0.3) is 0 Å². The van der Waals surface area contributed by atoms with Gasteiger partial charge in [0.15, 0.2) is 0 Å². The minimum atomic E-state index is -2.93. The van der Waals surface area contributed by atoms with Crippen LogP contribution in [0.4, 0.5) is 4.79 Å². The van der Waals surface area contributed by atoms with Gasteiger partial charge in [0, 0.05) is 7.05 Å². The van der Waals surface area contributed by atoms with Crippen LogP contribution < -0.4 is 10.4 Å². The maximum Gasteiger partial charge on any atom is 0.387 e. The highest BCUT2D eigenvalue weighted by atomic mass is 32.2. The summed E-state index contributed by atoms with van der Waals surface area (Å²) >= 11 is 0. The van der Waals surface area contributed by atoms with Gasteiger partial charge >= 0.3 is 28.2 Å². The zero-order valence-electron chi connectivity index (χ0n) is 7.74. The van der Waals surface area contributed by atoms with Crippen LogP contribution in [-0.2, 0) is 17.5 Å². The van der Waals surface area contributed by atoms with Gasteiger partial charge < -0.3 is 4.74 Å². The number of hydrogen-bond donors (Lipinski definition) is 0. The molecule has 0 fully saturated rings. The van der Waals surface area contributed by atoms with Crippen LogP contribution in [0.15, 0.2) is 9.16 Å². The molecule has 0 aliphatic rings. The molecule has 10 heteroatoms. The van der Waals surface area contributed by atoms with E-state index in [0.29, 0.717) is 0 Å². The molecule has 15 heavy (non-hydrogen) atoms. The molecule has 0 atom stereocenters. The number of carbonyl (C=O) groups is 1. The first-order chi connectivity index (χ1) is 6.97. The van der Waals surface area contributed by atoms with Gasteiger partial charge in [-0.1, -0.05) is 4.36 Å². The Morgan fingerprint density at radius 1 is 1.53 bits per heavy atom. The Kier molecular flexibility index (Phi) is 2.99. The molecular weight excluding hydrogens is 228 g/mol. The number of amides is 1. The van der Waals surface area contributed by atoms with E-state index in [1.807, 2.05) is 0 Å². The third-order valence-corrected chi connectivity index (χ3v) is 1.76. The Morgan fingerprint density at radius 3 is 2.53 bits per heavy atom. The Labute approximate surface area is 84.6 Å². The van der Waals surface area contributed by atoms with Crippen LogP contribution in [0.3, 0.4) is 0 Å². The van der Waals surface area contributed by atoms with E-state index in [1.165, 1.54) is 14.2 Å². The number of nitrogens with zero attached hydrogens (tertiary/aromatic N) is 4. The van der Waals surface area contributed by atoms with Crippen LogP contribution >= 0.6 is 0 Å². The predicted octanol–water partition coefficient (Wildman–Crippen LogP) is -1.38. The summed E-state index contributed by atoms with van der Waals surface area (Å²) in [6.07, 6.45) is 0. The molecule has 1 amide bonds. The van der Waals surface area contributed by atoms with Crippen LogP contribution in [0.1, 0.15) is 0 Å². The summed E-state index contributed by atoms with van der Waals surface area (Å²) in [6, 6.07) is -1.42.